The van der Waals surface area contributed by atoms with E-state index in [0.29, 0.717) is 11.3 Å². The zero-order valence-corrected chi connectivity index (χ0v) is 11.3. The summed E-state index contributed by atoms with van der Waals surface area (Å²) < 4.78 is 5.57. The van der Waals surface area contributed by atoms with Crippen molar-refractivity contribution in [3.05, 3.63) is 64.4 Å². The van der Waals surface area contributed by atoms with Gasteiger partial charge in [0.1, 0.15) is 11.5 Å². The Balaban J connectivity index is 2.01. The van der Waals surface area contributed by atoms with Crippen LogP contribution in [0, 0.1) is 13.8 Å². The first-order valence-corrected chi connectivity index (χ1v) is 6.39. The quantitative estimate of drug-likeness (QED) is 0.802. The largest absolute Gasteiger partial charge is 0.508 e. The second-order valence-corrected chi connectivity index (χ2v) is 4.99. The van der Waals surface area contributed by atoms with E-state index in [1.807, 2.05) is 31.2 Å². The molecule has 0 bridgehead atoms. The number of rotatable bonds is 1. The molecule has 0 saturated carbocycles. The number of hydrogen-bond donors (Lipinski definition) is 1. The maximum atomic E-state index is 12.3. The minimum atomic E-state index is -0.141. The van der Waals surface area contributed by atoms with E-state index < -0.39 is 0 Å². The van der Waals surface area contributed by atoms with E-state index in [1.54, 1.807) is 19.1 Å². The summed E-state index contributed by atoms with van der Waals surface area (Å²) in [5.74, 6) is 0.673. The molecule has 1 aliphatic heterocycles. The highest BCUT2D eigenvalue weighted by Gasteiger charge is 2.29. The highest BCUT2D eigenvalue weighted by atomic mass is 16.5. The number of carbonyl (C=O) groups is 1. The number of phenols is 1. The standard InChI is InChI=1S/C17H14O3/c1-10-3-5-12(6-4-10)8-15-17(19)16-11(2)7-13(18)9-14(16)20-15/h3-9,18H,1-2H3/b15-8-. The number of ether oxygens (including phenoxy) is 1. The van der Waals surface area contributed by atoms with Gasteiger partial charge in [0.2, 0.25) is 5.78 Å². The molecular formula is C17H14O3. The van der Waals surface area contributed by atoms with Gasteiger partial charge in [0.15, 0.2) is 5.76 Å². The number of allylic oxidation sites excluding steroid dienone is 1. The Morgan fingerprint density at radius 2 is 1.80 bits per heavy atom. The van der Waals surface area contributed by atoms with E-state index in [-0.39, 0.29) is 17.3 Å². The molecule has 0 aliphatic carbocycles. The number of aryl methyl sites for hydroxylation is 2. The number of hydrogen-bond acceptors (Lipinski definition) is 3. The molecule has 1 N–H and O–H groups in total. The Labute approximate surface area is 117 Å². The summed E-state index contributed by atoms with van der Waals surface area (Å²) >= 11 is 0. The predicted molar refractivity (Wildman–Crippen MR) is 77.0 cm³/mol. The van der Waals surface area contributed by atoms with Gasteiger partial charge in [-0.05, 0) is 37.1 Å². The summed E-state index contributed by atoms with van der Waals surface area (Å²) in [6.07, 6.45) is 1.72. The average molecular weight is 266 g/mol. The molecule has 3 heteroatoms. The second kappa shape index (κ2) is 4.53. The van der Waals surface area contributed by atoms with Crippen molar-refractivity contribution in [1.29, 1.82) is 0 Å². The summed E-state index contributed by atoms with van der Waals surface area (Å²) in [4.78, 5) is 12.3. The fraction of sp³-hybridized carbons (Fsp3) is 0.118. The fourth-order valence-electron chi connectivity index (χ4n) is 2.31. The van der Waals surface area contributed by atoms with Crippen molar-refractivity contribution in [3.63, 3.8) is 0 Å². The van der Waals surface area contributed by atoms with Crippen molar-refractivity contribution in [1.82, 2.24) is 0 Å². The Bertz CT molecular complexity index is 725. The molecule has 2 aromatic carbocycles. The number of Topliss-reactive ketones (excluding diaryl/α,β-unsaturated/α-hetero) is 1. The zero-order valence-electron chi connectivity index (χ0n) is 11.3. The van der Waals surface area contributed by atoms with E-state index in [4.69, 9.17) is 4.74 Å². The third kappa shape index (κ3) is 2.07. The monoisotopic (exact) mass is 266 g/mol. The third-order valence-electron chi connectivity index (χ3n) is 3.33. The Morgan fingerprint density at radius 1 is 1.10 bits per heavy atom. The topological polar surface area (TPSA) is 46.5 Å². The lowest BCUT2D eigenvalue weighted by molar-refractivity contribution is 0.101. The first-order valence-electron chi connectivity index (χ1n) is 6.39. The molecule has 1 aliphatic rings. The van der Waals surface area contributed by atoms with Crippen LogP contribution in [0.3, 0.4) is 0 Å². The molecule has 0 unspecified atom stereocenters. The normalized spacial score (nSPS) is 15.3. The van der Waals surface area contributed by atoms with Gasteiger partial charge in [-0.2, -0.15) is 0 Å². The molecule has 20 heavy (non-hydrogen) atoms. The Hall–Kier alpha value is -2.55. The molecule has 0 saturated heterocycles. The molecule has 0 amide bonds. The van der Waals surface area contributed by atoms with Crippen LogP contribution in [0.5, 0.6) is 11.5 Å². The van der Waals surface area contributed by atoms with Crippen molar-refractivity contribution < 1.29 is 14.6 Å². The predicted octanol–water partition coefficient (Wildman–Crippen LogP) is 3.63. The first-order chi connectivity index (χ1) is 9.54. The van der Waals surface area contributed by atoms with Crippen molar-refractivity contribution in [2.24, 2.45) is 0 Å². The molecule has 0 radical (unpaired) electrons. The molecule has 0 aromatic heterocycles. The molecule has 0 atom stereocenters. The molecule has 0 spiro atoms. The van der Waals surface area contributed by atoms with Gasteiger partial charge < -0.3 is 9.84 Å². The van der Waals surface area contributed by atoms with Gasteiger partial charge in [-0.1, -0.05) is 29.8 Å². The highest BCUT2D eigenvalue weighted by molar-refractivity contribution is 6.15. The van der Waals surface area contributed by atoms with Crippen LogP contribution in [0.2, 0.25) is 0 Å². The molecule has 100 valence electrons. The lowest BCUT2D eigenvalue weighted by atomic mass is 10.0. The number of benzene rings is 2. The summed E-state index contributed by atoms with van der Waals surface area (Å²) in [7, 11) is 0. The van der Waals surface area contributed by atoms with Crippen molar-refractivity contribution in [3.8, 4) is 11.5 Å². The summed E-state index contributed by atoms with van der Waals surface area (Å²) in [5, 5.41) is 9.56. The van der Waals surface area contributed by atoms with E-state index in [9.17, 15) is 9.90 Å². The van der Waals surface area contributed by atoms with Gasteiger partial charge in [0, 0.05) is 6.07 Å². The lowest BCUT2D eigenvalue weighted by Crippen LogP contribution is -1.99. The van der Waals surface area contributed by atoms with Crippen molar-refractivity contribution in [2.75, 3.05) is 0 Å². The Kier molecular flexibility index (Phi) is 2.83. The van der Waals surface area contributed by atoms with E-state index in [1.165, 1.54) is 6.07 Å². The average Bonchev–Trinajstić information content (AvgIpc) is 2.69. The number of carbonyl (C=O) groups excluding carboxylic acids is 1. The number of ketones is 1. The van der Waals surface area contributed by atoms with E-state index in [2.05, 4.69) is 0 Å². The number of aromatic hydroxyl groups is 1. The van der Waals surface area contributed by atoms with Crippen LogP contribution >= 0.6 is 0 Å². The molecular weight excluding hydrogens is 252 g/mol. The summed E-state index contributed by atoms with van der Waals surface area (Å²) in [6.45, 7) is 3.80. The third-order valence-corrected chi connectivity index (χ3v) is 3.33. The number of phenolic OH excluding ortho intramolecular Hbond substituents is 1. The molecule has 3 nitrogen and oxygen atoms in total. The van der Waals surface area contributed by atoms with Crippen LogP contribution in [0.1, 0.15) is 27.0 Å². The van der Waals surface area contributed by atoms with Gasteiger partial charge in [-0.3, -0.25) is 4.79 Å². The van der Waals surface area contributed by atoms with Crippen LogP contribution in [0.4, 0.5) is 0 Å². The SMILES string of the molecule is Cc1ccc(/C=C2\Oc3cc(O)cc(C)c3C2=O)cc1. The summed E-state index contributed by atoms with van der Waals surface area (Å²) in [6, 6.07) is 10.9. The minimum Gasteiger partial charge on any atom is -0.508 e. The lowest BCUT2D eigenvalue weighted by Gasteiger charge is -2.01. The van der Waals surface area contributed by atoms with Crippen LogP contribution in [0.25, 0.3) is 6.08 Å². The van der Waals surface area contributed by atoms with Crippen molar-refractivity contribution >= 4 is 11.9 Å². The van der Waals surface area contributed by atoms with E-state index in [0.717, 1.165) is 16.7 Å². The van der Waals surface area contributed by atoms with Crippen LogP contribution in [-0.2, 0) is 0 Å². The molecule has 2 aromatic rings. The first kappa shape index (κ1) is 12.5. The summed E-state index contributed by atoms with van der Waals surface area (Å²) in [5.41, 5.74) is 3.32. The van der Waals surface area contributed by atoms with Gasteiger partial charge in [0.05, 0.1) is 5.56 Å². The van der Waals surface area contributed by atoms with Gasteiger partial charge in [-0.15, -0.1) is 0 Å². The smallest absolute Gasteiger partial charge is 0.232 e. The second-order valence-electron chi connectivity index (χ2n) is 4.99. The zero-order chi connectivity index (χ0) is 14.3. The van der Waals surface area contributed by atoms with E-state index >= 15 is 0 Å². The molecule has 3 rings (SSSR count). The van der Waals surface area contributed by atoms with Crippen LogP contribution < -0.4 is 4.74 Å². The number of fused-ring (bicyclic) bond motifs is 1. The van der Waals surface area contributed by atoms with Crippen molar-refractivity contribution in [2.45, 2.75) is 13.8 Å². The maximum absolute atomic E-state index is 12.3. The van der Waals surface area contributed by atoms with Crippen LogP contribution in [0.15, 0.2) is 42.2 Å². The van der Waals surface area contributed by atoms with Gasteiger partial charge >= 0.3 is 0 Å². The van der Waals surface area contributed by atoms with Crippen LogP contribution in [-0.4, -0.2) is 10.9 Å². The fourth-order valence-corrected chi connectivity index (χ4v) is 2.31. The minimum absolute atomic E-state index is 0.102. The molecule has 1 heterocycles. The highest BCUT2D eigenvalue weighted by Crippen LogP contribution is 2.37. The van der Waals surface area contributed by atoms with Gasteiger partial charge in [0.25, 0.3) is 0 Å². The van der Waals surface area contributed by atoms with Gasteiger partial charge in [-0.25, -0.2) is 0 Å². The molecule has 0 fully saturated rings. The Morgan fingerprint density at radius 3 is 2.50 bits per heavy atom. The maximum Gasteiger partial charge on any atom is 0.232 e.